The summed E-state index contributed by atoms with van der Waals surface area (Å²) in [5.41, 5.74) is 6.69. The molecular weight excluding hydrogens is 294 g/mol. The lowest BCUT2D eigenvalue weighted by molar-refractivity contribution is -0.117. The van der Waals surface area contributed by atoms with Crippen LogP contribution in [0.4, 0.5) is 5.69 Å². The highest BCUT2D eigenvalue weighted by atomic mass is 79.9. The van der Waals surface area contributed by atoms with Gasteiger partial charge >= 0.3 is 0 Å². The molecule has 5 heteroatoms. The normalized spacial score (nSPS) is 12.0. The first kappa shape index (κ1) is 14.7. The second-order valence-corrected chi connectivity index (χ2v) is 5.44. The highest BCUT2D eigenvalue weighted by molar-refractivity contribution is 9.10. The van der Waals surface area contributed by atoms with Gasteiger partial charge in [-0.15, -0.1) is 0 Å². The molecule has 0 aliphatic heterocycles. The van der Waals surface area contributed by atoms with Gasteiger partial charge in [-0.25, -0.2) is 0 Å². The summed E-state index contributed by atoms with van der Waals surface area (Å²) in [6.45, 7) is 4.01. The third kappa shape index (κ3) is 4.13. The van der Waals surface area contributed by atoms with E-state index in [4.69, 9.17) is 11.0 Å². The summed E-state index contributed by atoms with van der Waals surface area (Å²) in [5, 5.41) is 11.6. The van der Waals surface area contributed by atoms with Crippen LogP contribution in [0.2, 0.25) is 0 Å². The van der Waals surface area contributed by atoms with Gasteiger partial charge < -0.3 is 11.1 Å². The highest BCUT2D eigenvalue weighted by Gasteiger charge is 2.16. The van der Waals surface area contributed by atoms with E-state index >= 15 is 0 Å². The lowest BCUT2D eigenvalue weighted by Gasteiger charge is -2.15. The summed E-state index contributed by atoms with van der Waals surface area (Å²) in [6.07, 6.45) is 0.613. The van der Waals surface area contributed by atoms with Crippen LogP contribution in [0.1, 0.15) is 25.8 Å². The fourth-order valence-corrected chi connectivity index (χ4v) is 1.92. The van der Waals surface area contributed by atoms with Gasteiger partial charge in [0.25, 0.3) is 0 Å². The van der Waals surface area contributed by atoms with Crippen molar-refractivity contribution in [1.29, 1.82) is 5.26 Å². The molecular formula is C13H16BrN3O. The Balaban J connectivity index is 2.82. The van der Waals surface area contributed by atoms with Crippen molar-refractivity contribution in [3.05, 3.63) is 28.2 Å². The summed E-state index contributed by atoms with van der Waals surface area (Å²) >= 11 is 3.30. The molecule has 0 saturated heterocycles. The number of carbonyl (C=O) groups is 1. The lowest BCUT2D eigenvalue weighted by atomic mass is 10.0. The van der Waals surface area contributed by atoms with Crippen molar-refractivity contribution >= 4 is 27.5 Å². The predicted molar refractivity (Wildman–Crippen MR) is 74.9 cm³/mol. The van der Waals surface area contributed by atoms with Crippen LogP contribution < -0.4 is 11.1 Å². The molecule has 4 nitrogen and oxygen atoms in total. The smallest absolute Gasteiger partial charge is 0.241 e. The topological polar surface area (TPSA) is 78.9 Å². The zero-order chi connectivity index (χ0) is 13.7. The predicted octanol–water partition coefficient (Wildman–Crippen LogP) is 2.63. The van der Waals surface area contributed by atoms with E-state index in [-0.39, 0.29) is 5.91 Å². The Kier molecular flexibility index (Phi) is 5.32. The third-order valence-electron chi connectivity index (χ3n) is 2.42. The summed E-state index contributed by atoms with van der Waals surface area (Å²) in [7, 11) is 0. The van der Waals surface area contributed by atoms with E-state index in [0.717, 1.165) is 4.47 Å². The van der Waals surface area contributed by atoms with E-state index in [1.165, 1.54) is 0 Å². The van der Waals surface area contributed by atoms with Crippen LogP contribution >= 0.6 is 15.9 Å². The number of nitriles is 1. The maximum Gasteiger partial charge on any atom is 0.241 e. The summed E-state index contributed by atoms with van der Waals surface area (Å²) in [6, 6.07) is 6.56. The van der Waals surface area contributed by atoms with E-state index in [2.05, 4.69) is 21.2 Å². The maximum atomic E-state index is 11.9. The Morgan fingerprint density at radius 2 is 2.22 bits per heavy atom. The highest BCUT2D eigenvalue weighted by Crippen LogP contribution is 2.21. The molecule has 1 rings (SSSR count). The van der Waals surface area contributed by atoms with Crippen LogP contribution in [0.3, 0.4) is 0 Å². The number of nitrogens with one attached hydrogen (secondary N) is 1. The standard InChI is InChI=1S/C13H16BrN3O/c1-8(2)5-11(16)13(18)17-12-6-10(14)4-3-9(12)7-15/h3-4,6,8,11H,5,16H2,1-2H3,(H,17,18)/t11-/m0/s1. The molecule has 0 aliphatic carbocycles. The number of carbonyl (C=O) groups excluding carboxylic acids is 1. The lowest BCUT2D eigenvalue weighted by Crippen LogP contribution is -2.36. The number of hydrogen-bond donors (Lipinski definition) is 2. The van der Waals surface area contributed by atoms with Crippen LogP contribution in [0.15, 0.2) is 22.7 Å². The fourth-order valence-electron chi connectivity index (χ4n) is 1.56. The quantitative estimate of drug-likeness (QED) is 0.897. The first-order valence-corrected chi connectivity index (χ1v) is 6.49. The van der Waals surface area contributed by atoms with E-state index in [1.54, 1.807) is 18.2 Å². The Hall–Kier alpha value is -1.38. The Morgan fingerprint density at radius 1 is 1.56 bits per heavy atom. The minimum atomic E-state index is -0.560. The van der Waals surface area contributed by atoms with Crippen molar-refractivity contribution < 1.29 is 4.79 Å². The molecule has 1 amide bonds. The first-order valence-electron chi connectivity index (χ1n) is 5.70. The van der Waals surface area contributed by atoms with Gasteiger partial charge in [-0.2, -0.15) is 5.26 Å². The molecule has 96 valence electrons. The molecule has 0 fully saturated rings. The number of anilines is 1. The number of hydrogen-bond acceptors (Lipinski definition) is 3. The third-order valence-corrected chi connectivity index (χ3v) is 2.92. The number of amides is 1. The Bertz CT molecular complexity index is 480. The molecule has 18 heavy (non-hydrogen) atoms. The molecule has 0 bridgehead atoms. The van der Waals surface area contributed by atoms with Gasteiger partial charge in [-0.05, 0) is 30.5 Å². The van der Waals surface area contributed by atoms with Crippen LogP contribution in [0.5, 0.6) is 0 Å². The van der Waals surface area contributed by atoms with Gasteiger partial charge in [0, 0.05) is 4.47 Å². The van der Waals surface area contributed by atoms with E-state index < -0.39 is 6.04 Å². The van der Waals surface area contributed by atoms with Crippen molar-refractivity contribution in [3.63, 3.8) is 0 Å². The van der Waals surface area contributed by atoms with E-state index in [9.17, 15) is 4.79 Å². The number of rotatable bonds is 4. The van der Waals surface area contributed by atoms with E-state index in [0.29, 0.717) is 23.6 Å². The Morgan fingerprint density at radius 3 is 2.78 bits per heavy atom. The molecule has 3 N–H and O–H groups in total. The van der Waals surface area contributed by atoms with E-state index in [1.807, 2.05) is 19.9 Å². The number of halogens is 1. The fraction of sp³-hybridized carbons (Fsp3) is 0.385. The molecule has 0 spiro atoms. The average Bonchev–Trinajstić information content (AvgIpc) is 2.28. The van der Waals surface area contributed by atoms with Crippen LogP contribution in [-0.4, -0.2) is 11.9 Å². The SMILES string of the molecule is CC(C)C[C@H](N)C(=O)Nc1cc(Br)ccc1C#N. The van der Waals surface area contributed by atoms with Gasteiger partial charge in [-0.3, -0.25) is 4.79 Å². The van der Waals surface area contributed by atoms with Gasteiger partial charge in [-0.1, -0.05) is 29.8 Å². The van der Waals surface area contributed by atoms with Gasteiger partial charge in [0.2, 0.25) is 5.91 Å². The molecule has 0 saturated carbocycles. The zero-order valence-electron chi connectivity index (χ0n) is 10.4. The zero-order valence-corrected chi connectivity index (χ0v) is 12.0. The second-order valence-electron chi connectivity index (χ2n) is 4.53. The molecule has 0 unspecified atom stereocenters. The maximum absolute atomic E-state index is 11.9. The number of nitrogens with zero attached hydrogens (tertiary/aromatic N) is 1. The van der Waals surface area contributed by atoms with Crippen molar-refractivity contribution in [2.24, 2.45) is 11.7 Å². The molecule has 1 atom stereocenters. The van der Waals surface area contributed by atoms with Crippen molar-refractivity contribution in [3.8, 4) is 6.07 Å². The molecule has 1 aromatic rings. The van der Waals surface area contributed by atoms with Crippen molar-refractivity contribution in [2.45, 2.75) is 26.3 Å². The monoisotopic (exact) mass is 309 g/mol. The van der Waals surface area contributed by atoms with Gasteiger partial charge in [0.1, 0.15) is 6.07 Å². The molecule has 0 radical (unpaired) electrons. The average molecular weight is 310 g/mol. The van der Waals surface area contributed by atoms with Crippen LogP contribution in [0, 0.1) is 17.2 Å². The largest absolute Gasteiger partial charge is 0.324 e. The summed E-state index contributed by atoms with van der Waals surface area (Å²) < 4.78 is 0.800. The number of benzene rings is 1. The molecule has 0 aromatic heterocycles. The van der Waals surface area contributed by atoms with Crippen LogP contribution in [-0.2, 0) is 4.79 Å². The number of nitrogens with two attached hydrogens (primary N) is 1. The minimum Gasteiger partial charge on any atom is -0.324 e. The summed E-state index contributed by atoms with van der Waals surface area (Å²) in [4.78, 5) is 11.9. The first-order chi connectivity index (χ1) is 8.43. The van der Waals surface area contributed by atoms with Gasteiger partial charge in [0.05, 0.1) is 17.3 Å². The van der Waals surface area contributed by atoms with Gasteiger partial charge in [0.15, 0.2) is 0 Å². The summed E-state index contributed by atoms with van der Waals surface area (Å²) in [5.74, 6) is 0.0852. The molecule has 1 aromatic carbocycles. The molecule has 0 heterocycles. The van der Waals surface area contributed by atoms with Crippen molar-refractivity contribution in [2.75, 3.05) is 5.32 Å². The second kappa shape index (κ2) is 6.53. The van der Waals surface area contributed by atoms with Crippen molar-refractivity contribution in [1.82, 2.24) is 0 Å². The molecule has 0 aliphatic rings. The minimum absolute atomic E-state index is 0.265. The Labute approximate surface area is 115 Å². The van der Waals surface area contributed by atoms with Crippen LogP contribution in [0.25, 0.3) is 0 Å².